The van der Waals surface area contributed by atoms with E-state index in [1.807, 2.05) is 62.5 Å². The van der Waals surface area contributed by atoms with Crippen LogP contribution in [0.25, 0.3) is 11.1 Å². The van der Waals surface area contributed by atoms with Crippen LogP contribution in [0.15, 0.2) is 61.1 Å². The molecule has 0 radical (unpaired) electrons. The molecule has 1 aromatic carbocycles. The van der Waals surface area contributed by atoms with Crippen molar-refractivity contribution in [1.29, 1.82) is 0 Å². The van der Waals surface area contributed by atoms with Gasteiger partial charge in [0.15, 0.2) is 0 Å². The Bertz CT molecular complexity index is 811. The van der Waals surface area contributed by atoms with Gasteiger partial charge in [0.1, 0.15) is 11.9 Å². The smallest absolute Gasteiger partial charge is 0.250 e. The van der Waals surface area contributed by atoms with Crippen LogP contribution in [0.3, 0.4) is 0 Å². The van der Waals surface area contributed by atoms with E-state index in [-0.39, 0.29) is 5.91 Å². The number of nitrogens with zero attached hydrogens (tertiary/aromatic N) is 3. The summed E-state index contributed by atoms with van der Waals surface area (Å²) in [6.45, 7) is 3.77. The molecular formula is C18H18N4O. The predicted octanol–water partition coefficient (Wildman–Crippen LogP) is 3.45. The third-order valence-electron chi connectivity index (χ3n) is 3.65. The zero-order chi connectivity index (χ0) is 16.2. The first-order chi connectivity index (χ1) is 11.1. The van der Waals surface area contributed by atoms with Gasteiger partial charge in [-0.1, -0.05) is 30.3 Å². The van der Waals surface area contributed by atoms with Gasteiger partial charge in [-0.3, -0.25) is 9.48 Å². The second-order valence-electron chi connectivity index (χ2n) is 5.46. The zero-order valence-corrected chi connectivity index (χ0v) is 13.1. The summed E-state index contributed by atoms with van der Waals surface area (Å²) in [6, 6.07) is 13.3. The molecule has 3 aromatic rings. The molecule has 0 bridgehead atoms. The van der Waals surface area contributed by atoms with Crippen LogP contribution >= 0.6 is 0 Å². The minimum atomic E-state index is -0.422. The van der Waals surface area contributed by atoms with Gasteiger partial charge in [-0.05, 0) is 37.1 Å². The molecule has 1 N–H and O–H groups in total. The van der Waals surface area contributed by atoms with Crippen molar-refractivity contribution in [2.75, 3.05) is 5.32 Å². The number of amides is 1. The van der Waals surface area contributed by atoms with Crippen LogP contribution in [0.1, 0.15) is 18.5 Å². The van der Waals surface area contributed by atoms with E-state index in [0.717, 1.165) is 16.7 Å². The Kier molecular flexibility index (Phi) is 4.19. The van der Waals surface area contributed by atoms with Crippen LogP contribution < -0.4 is 5.32 Å². The van der Waals surface area contributed by atoms with Gasteiger partial charge in [0.05, 0.1) is 6.20 Å². The first-order valence-electron chi connectivity index (χ1n) is 7.46. The molecule has 0 aliphatic heterocycles. The topological polar surface area (TPSA) is 59.8 Å². The highest BCUT2D eigenvalue weighted by Gasteiger charge is 2.17. The quantitative estimate of drug-likeness (QED) is 0.803. The number of benzene rings is 1. The van der Waals surface area contributed by atoms with Crippen molar-refractivity contribution in [3.63, 3.8) is 0 Å². The van der Waals surface area contributed by atoms with Gasteiger partial charge >= 0.3 is 0 Å². The van der Waals surface area contributed by atoms with Gasteiger partial charge in [0, 0.05) is 18.0 Å². The van der Waals surface area contributed by atoms with E-state index in [9.17, 15) is 4.79 Å². The Hall–Kier alpha value is -2.95. The lowest BCUT2D eigenvalue weighted by molar-refractivity contribution is -0.119. The van der Waals surface area contributed by atoms with E-state index < -0.39 is 6.04 Å². The van der Waals surface area contributed by atoms with Crippen LogP contribution in [0, 0.1) is 6.92 Å². The number of carbonyl (C=O) groups is 1. The lowest BCUT2D eigenvalue weighted by atomic mass is 10.1. The summed E-state index contributed by atoms with van der Waals surface area (Å²) in [5.74, 6) is 0.406. The van der Waals surface area contributed by atoms with Gasteiger partial charge < -0.3 is 5.32 Å². The second-order valence-corrected chi connectivity index (χ2v) is 5.46. The lowest BCUT2D eigenvalue weighted by Gasteiger charge is -2.12. The van der Waals surface area contributed by atoms with Crippen molar-refractivity contribution in [3.05, 3.63) is 66.6 Å². The summed E-state index contributed by atoms with van der Waals surface area (Å²) >= 11 is 0. The molecule has 0 unspecified atom stereocenters. The molecule has 0 spiro atoms. The van der Waals surface area contributed by atoms with Gasteiger partial charge in [-0.15, -0.1) is 0 Å². The molecule has 23 heavy (non-hydrogen) atoms. The largest absolute Gasteiger partial charge is 0.309 e. The van der Waals surface area contributed by atoms with E-state index >= 15 is 0 Å². The number of aryl methyl sites for hydroxylation is 1. The molecule has 2 heterocycles. The van der Waals surface area contributed by atoms with Crippen molar-refractivity contribution in [2.24, 2.45) is 0 Å². The number of carbonyl (C=O) groups excluding carboxylic acids is 1. The summed E-state index contributed by atoms with van der Waals surface area (Å²) in [6.07, 6.45) is 5.32. The normalized spacial score (nSPS) is 11.9. The highest BCUT2D eigenvalue weighted by atomic mass is 16.2. The molecule has 0 aliphatic rings. The molecule has 0 aliphatic carbocycles. The summed E-state index contributed by atoms with van der Waals surface area (Å²) in [7, 11) is 0. The molecule has 1 atom stereocenters. The average Bonchev–Trinajstić information content (AvgIpc) is 3.05. The van der Waals surface area contributed by atoms with Gasteiger partial charge in [-0.2, -0.15) is 5.10 Å². The molecule has 0 saturated carbocycles. The Balaban J connectivity index is 1.74. The predicted molar refractivity (Wildman–Crippen MR) is 90.0 cm³/mol. The first-order valence-corrected chi connectivity index (χ1v) is 7.46. The second kappa shape index (κ2) is 6.44. The highest BCUT2D eigenvalue weighted by Crippen LogP contribution is 2.20. The van der Waals surface area contributed by atoms with Crippen LogP contribution in [-0.2, 0) is 4.79 Å². The minimum absolute atomic E-state index is 0.147. The van der Waals surface area contributed by atoms with Crippen molar-refractivity contribution in [1.82, 2.24) is 14.8 Å². The molecule has 5 heteroatoms. The van der Waals surface area contributed by atoms with Crippen LogP contribution in [0.2, 0.25) is 0 Å². The molecule has 2 aromatic heterocycles. The van der Waals surface area contributed by atoms with Crippen molar-refractivity contribution in [3.8, 4) is 11.1 Å². The van der Waals surface area contributed by atoms with Gasteiger partial charge in [0.2, 0.25) is 5.91 Å². The standard InChI is InChI=1S/C18H18N4O/c1-13-8-9-19-17(10-13)21-18(23)14(2)22-12-16(11-20-22)15-6-4-3-5-7-15/h3-12,14H,1-2H3,(H,19,21,23)/t14-/m1/s1. The number of anilines is 1. The monoisotopic (exact) mass is 306 g/mol. The summed E-state index contributed by atoms with van der Waals surface area (Å²) in [4.78, 5) is 16.5. The van der Waals surface area contributed by atoms with E-state index in [0.29, 0.717) is 5.82 Å². The molecular weight excluding hydrogens is 288 g/mol. The first kappa shape index (κ1) is 15.0. The van der Waals surface area contributed by atoms with Crippen molar-refractivity contribution in [2.45, 2.75) is 19.9 Å². The lowest BCUT2D eigenvalue weighted by Crippen LogP contribution is -2.24. The highest BCUT2D eigenvalue weighted by molar-refractivity contribution is 5.92. The number of pyridine rings is 1. The fourth-order valence-corrected chi connectivity index (χ4v) is 2.28. The Morgan fingerprint density at radius 1 is 1.17 bits per heavy atom. The van der Waals surface area contributed by atoms with Gasteiger partial charge in [0.25, 0.3) is 0 Å². The van der Waals surface area contributed by atoms with E-state index in [4.69, 9.17) is 0 Å². The minimum Gasteiger partial charge on any atom is -0.309 e. The number of aromatic nitrogens is 3. The maximum Gasteiger partial charge on any atom is 0.250 e. The Morgan fingerprint density at radius 2 is 1.96 bits per heavy atom. The molecule has 0 fully saturated rings. The number of hydrogen-bond donors (Lipinski definition) is 1. The molecule has 116 valence electrons. The van der Waals surface area contributed by atoms with Crippen molar-refractivity contribution < 1.29 is 4.79 Å². The zero-order valence-electron chi connectivity index (χ0n) is 13.1. The van der Waals surface area contributed by atoms with Gasteiger partial charge in [-0.25, -0.2) is 4.98 Å². The number of hydrogen-bond acceptors (Lipinski definition) is 3. The SMILES string of the molecule is Cc1ccnc(NC(=O)[C@@H](C)n2cc(-c3ccccc3)cn2)c1. The molecule has 5 nitrogen and oxygen atoms in total. The van der Waals surface area contributed by atoms with E-state index in [2.05, 4.69) is 15.4 Å². The van der Waals surface area contributed by atoms with Crippen molar-refractivity contribution >= 4 is 11.7 Å². The third-order valence-corrected chi connectivity index (χ3v) is 3.65. The van der Waals surface area contributed by atoms with E-state index in [1.54, 1.807) is 17.1 Å². The summed E-state index contributed by atoms with van der Waals surface area (Å²) < 4.78 is 1.66. The number of nitrogens with one attached hydrogen (secondary N) is 1. The Morgan fingerprint density at radius 3 is 2.70 bits per heavy atom. The third kappa shape index (κ3) is 3.45. The maximum absolute atomic E-state index is 12.4. The van der Waals surface area contributed by atoms with Crippen LogP contribution in [0.5, 0.6) is 0 Å². The number of rotatable bonds is 4. The molecule has 1 amide bonds. The summed E-state index contributed by atoms with van der Waals surface area (Å²) in [5, 5.41) is 7.13. The Labute approximate surface area is 135 Å². The molecule has 0 saturated heterocycles. The fraction of sp³-hybridized carbons (Fsp3) is 0.167. The van der Waals surface area contributed by atoms with Crippen LogP contribution in [-0.4, -0.2) is 20.7 Å². The van der Waals surface area contributed by atoms with E-state index in [1.165, 1.54) is 0 Å². The summed E-state index contributed by atoms with van der Waals surface area (Å²) in [5.41, 5.74) is 3.11. The average molecular weight is 306 g/mol. The maximum atomic E-state index is 12.4. The molecule has 3 rings (SSSR count). The fourth-order valence-electron chi connectivity index (χ4n) is 2.28. The van der Waals surface area contributed by atoms with Crippen LogP contribution in [0.4, 0.5) is 5.82 Å².